The van der Waals surface area contributed by atoms with Gasteiger partial charge >= 0.3 is 0 Å². The third kappa shape index (κ3) is 2.28. The number of nitrogens with one attached hydrogen (secondary N) is 1. The van der Waals surface area contributed by atoms with Crippen LogP contribution in [0.3, 0.4) is 0 Å². The molecule has 1 aromatic rings. The molecule has 0 bridgehead atoms. The van der Waals surface area contributed by atoms with Gasteiger partial charge in [-0.2, -0.15) is 0 Å². The molecular formula is C8H13BrN2S. The summed E-state index contributed by atoms with van der Waals surface area (Å²) in [5.74, 6) is 0.676. The maximum atomic E-state index is 4.32. The normalized spacial score (nSPS) is 23.2. The summed E-state index contributed by atoms with van der Waals surface area (Å²) >= 11 is 1.69. The van der Waals surface area contributed by atoms with Crippen LogP contribution in [-0.4, -0.2) is 18.1 Å². The predicted octanol–water partition coefficient (Wildman–Crippen LogP) is 2.19. The van der Waals surface area contributed by atoms with E-state index < -0.39 is 0 Å². The molecule has 1 fully saturated rings. The van der Waals surface area contributed by atoms with Crippen LogP contribution in [0.5, 0.6) is 0 Å². The monoisotopic (exact) mass is 248 g/mol. The van der Waals surface area contributed by atoms with Crippen molar-refractivity contribution in [2.45, 2.75) is 18.8 Å². The van der Waals surface area contributed by atoms with Crippen molar-refractivity contribution in [3.8, 4) is 0 Å². The maximum absolute atomic E-state index is 4.32. The molecule has 0 spiro atoms. The van der Waals surface area contributed by atoms with Crippen molar-refractivity contribution >= 4 is 28.3 Å². The van der Waals surface area contributed by atoms with Gasteiger partial charge in [0, 0.05) is 17.8 Å². The average Bonchev–Trinajstić information content (AvgIpc) is 2.58. The van der Waals surface area contributed by atoms with E-state index in [4.69, 9.17) is 0 Å². The Kier molecular flexibility index (Phi) is 4.18. The average molecular weight is 249 g/mol. The highest BCUT2D eigenvalue weighted by Gasteiger charge is 2.15. The Bertz CT molecular complexity index is 207. The van der Waals surface area contributed by atoms with Gasteiger partial charge in [0.1, 0.15) is 0 Å². The Morgan fingerprint density at radius 2 is 2.50 bits per heavy atom. The van der Waals surface area contributed by atoms with Gasteiger partial charge in [-0.25, -0.2) is 4.98 Å². The second kappa shape index (κ2) is 4.94. The van der Waals surface area contributed by atoms with Gasteiger partial charge in [-0.1, -0.05) is 0 Å². The molecular weight excluding hydrogens is 236 g/mol. The lowest BCUT2D eigenvalue weighted by atomic mass is 9.97. The summed E-state index contributed by atoms with van der Waals surface area (Å²) in [7, 11) is 0. The fraction of sp³-hybridized carbons (Fsp3) is 0.625. The van der Waals surface area contributed by atoms with Crippen molar-refractivity contribution in [3.63, 3.8) is 0 Å². The lowest BCUT2D eigenvalue weighted by Crippen LogP contribution is -2.28. The first-order chi connectivity index (χ1) is 5.47. The smallest absolute Gasteiger partial charge is 0.0794 e. The summed E-state index contributed by atoms with van der Waals surface area (Å²) < 4.78 is 0. The number of thiazole rings is 1. The van der Waals surface area contributed by atoms with Crippen molar-refractivity contribution in [1.29, 1.82) is 0 Å². The molecule has 1 N–H and O–H groups in total. The number of piperidine rings is 1. The number of aromatic nitrogens is 1. The molecule has 2 nitrogen and oxygen atoms in total. The van der Waals surface area contributed by atoms with Crippen molar-refractivity contribution in [1.82, 2.24) is 10.3 Å². The first-order valence-electron chi connectivity index (χ1n) is 4.05. The van der Waals surface area contributed by atoms with E-state index in [0.29, 0.717) is 5.92 Å². The van der Waals surface area contributed by atoms with E-state index in [1.807, 2.05) is 5.51 Å². The molecule has 12 heavy (non-hydrogen) atoms. The minimum Gasteiger partial charge on any atom is -0.316 e. The largest absolute Gasteiger partial charge is 0.316 e. The van der Waals surface area contributed by atoms with Crippen LogP contribution in [0.15, 0.2) is 10.9 Å². The van der Waals surface area contributed by atoms with Crippen LogP contribution in [-0.2, 0) is 0 Å². The second-order valence-electron chi connectivity index (χ2n) is 2.96. The third-order valence-electron chi connectivity index (χ3n) is 2.17. The van der Waals surface area contributed by atoms with Crippen LogP contribution >= 0.6 is 28.3 Å². The van der Waals surface area contributed by atoms with Crippen LogP contribution in [0.1, 0.15) is 24.5 Å². The van der Waals surface area contributed by atoms with E-state index in [-0.39, 0.29) is 17.0 Å². The molecule has 2 rings (SSSR count). The standard InChI is InChI=1S/C8H12N2S.BrH/c1-2-7(4-9-3-1)8-5-11-6-10-8;/h5-7,9H,1-4H2;1H. The van der Waals surface area contributed by atoms with E-state index >= 15 is 0 Å². The topological polar surface area (TPSA) is 24.9 Å². The van der Waals surface area contributed by atoms with E-state index in [1.54, 1.807) is 11.3 Å². The van der Waals surface area contributed by atoms with Gasteiger partial charge in [-0.3, -0.25) is 0 Å². The van der Waals surface area contributed by atoms with Crippen molar-refractivity contribution in [2.75, 3.05) is 13.1 Å². The number of halogens is 1. The lowest BCUT2D eigenvalue weighted by Gasteiger charge is -2.20. The third-order valence-corrected chi connectivity index (χ3v) is 2.77. The van der Waals surface area contributed by atoms with Crippen molar-refractivity contribution in [3.05, 3.63) is 16.6 Å². The van der Waals surface area contributed by atoms with Crippen LogP contribution < -0.4 is 5.32 Å². The van der Waals surface area contributed by atoms with Crippen molar-refractivity contribution < 1.29 is 0 Å². The molecule has 4 heteroatoms. The minimum absolute atomic E-state index is 0. The molecule has 0 aromatic carbocycles. The Balaban J connectivity index is 0.000000720. The molecule has 1 atom stereocenters. The summed E-state index contributed by atoms with van der Waals surface area (Å²) in [4.78, 5) is 4.32. The Labute approximate surface area is 87.2 Å². The first-order valence-corrected chi connectivity index (χ1v) is 5.00. The van der Waals surface area contributed by atoms with Gasteiger partial charge in [0.15, 0.2) is 0 Å². The molecule has 1 aliphatic heterocycles. The molecule has 2 heterocycles. The molecule has 68 valence electrons. The summed E-state index contributed by atoms with van der Waals surface area (Å²) in [6, 6.07) is 0. The molecule has 0 aliphatic carbocycles. The predicted molar refractivity (Wildman–Crippen MR) is 57.3 cm³/mol. The van der Waals surface area contributed by atoms with E-state index in [0.717, 1.165) is 6.54 Å². The lowest BCUT2D eigenvalue weighted by molar-refractivity contribution is 0.456. The molecule has 0 amide bonds. The fourth-order valence-corrected chi connectivity index (χ4v) is 2.16. The van der Waals surface area contributed by atoms with Gasteiger partial charge in [0.05, 0.1) is 11.2 Å². The zero-order chi connectivity index (χ0) is 7.52. The zero-order valence-corrected chi connectivity index (χ0v) is 9.35. The highest BCUT2D eigenvalue weighted by atomic mass is 79.9. The Morgan fingerprint density at radius 3 is 3.08 bits per heavy atom. The molecule has 0 radical (unpaired) electrons. The van der Waals surface area contributed by atoms with Gasteiger partial charge in [0.25, 0.3) is 0 Å². The van der Waals surface area contributed by atoms with Crippen LogP contribution in [0.4, 0.5) is 0 Å². The SMILES string of the molecule is Br.c1nc(C2CCCNC2)cs1. The molecule has 1 aliphatic rings. The van der Waals surface area contributed by atoms with Gasteiger partial charge in [-0.05, 0) is 19.4 Å². The highest BCUT2D eigenvalue weighted by molar-refractivity contribution is 8.93. The highest BCUT2D eigenvalue weighted by Crippen LogP contribution is 2.22. The van der Waals surface area contributed by atoms with Crippen LogP contribution in [0.2, 0.25) is 0 Å². The number of hydrogen-bond donors (Lipinski definition) is 1. The van der Waals surface area contributed by atoms with Gasteiger partial charge < -0.3 is 5.32 Å². The Hall–Kier alpha value is 0.0700. The van der Waals surface area contributed by atoms with Crippen LogP contribution in [0.25, 0.3) is 0 Å². The summed E-state index contributed by atoms with van der Waals surface area (Å²) in [5.41, 5.74) is 3.20. The summed E-state index contributed by atoms with van der Waals surface area (Å²) in [6.45, 7) is 2.30. The fourth-order valence-electron chi connectivity index (χ4n) is 1.53. The zero-order valence-electron chi connectivity index (χ0n) is 6.82. The summed E-state index contributed by atoms with van der Waals surface area (Å²) in [5, 5.41) is 5.55. The maximum Gasteiger partial charge on any atom is 0.0794 e. The molecule has 0 saturated carbocycles. The van der Waals surface area contributed by atoms with Gasteiger partial charge in [-0.15, -0.1) is 28.3 Å². The van der Waals surface area contributed by atoms with Crippen LogP contribution in [0, 0.1) is 0 Å². The number of rotatable bonds is 1. The molecule has 1 unspecified atom stereocenters. The Morgan fingerprint density at radius 1 is 1.58 bits per heavy atom. The number of hydrogen-bond acceptors (Lipinski definition) is 3. The molecule has 1 aromatic heterocycles. The van der Waals surface area contributed by atoms with E-state index in [1.165, 1.54) is 25.1 Å². The van der Waals surface area contributed by atoms with Crippen molar-refractivity contribution in [2.24, 2.45) is 0 Å². The molecule has 1 saturated heterocycles. The second-order valence-corrected chi connectivity index (χ2v) is 3.68. The first kappa shape index (κ1) is 10.2. The van der Waals surface area contributed by atoms with E-state index in [2.05, 4.69) is 15.7 Å². The summed E-state index contributed by atoms with van der Waals surface area (Å²) in [6.07, 6.45) is 2.60. The van der Waals surface area contributed by atoms with E-state index in [9.17, 15) is 0 Å². The number of nitrogens with zero attached hydrogens (tertiary/aromatic N) is 1. The minimum atomic E-state index is 0. The van der Waals surface area contributed by atoms with Gasteiger partial charge in [0.2, 0.25) is 0 Å². The quantitative estimate of drug-likeness (QED) is 0.825.